The van der Waals surface area contributed by atoms with E-state index in [4.69, 9.17) is 38.8 Å². The maximum Gasteiger partial charge on any atom is 0.248 e. The molecule has 0 radical (unpaired) electrons. The maximum absolute atomic E-state index is 11.4. The number of primary amides is 1. The van der Waals surface area contributed by atoms with E-state index in [1.807, 2.05) is 36.4 Å². The molecule has 1 amide bonds. The molecule has 0 bridgehead atoms. The number of nitrogens with two attached hydrogens (primary N) is 1. The van der Waals surface area contributed by atoms with Gasteiger partial charge in [-0.15, -0.1) is 0 Å². The predicted octanol–water partition coefficient (Wildman–Crippen LogP) is 5.09. The molecule has 0 aliphatic carbocycles. The monoisotopic (exact) mass is 513 g/mol. The number of ether oxygens (including phenoxy) is 1. The smallest absolute Gasteiger partial charge is 0.248 e. The number of hydrogen-bond acceptors (Lipinski definition) is 5. The molecule has 1 aliphatic rings. The first-order chi connectivity index (χ1) is 16.9. The molecule has 2 atom stereocenters. The third kappa shape index (κ3) is 5.90. The van der Waals surface area contributed by atoms with Crippen LogP contribution >= 0.6 is 23.2 Å². The number of hydrogen-bond donors (Lipinski definition) is 2. The molecule has 184 valence electrons. The van der Waals surface area contributed by atoms with Crippen LogP contribution in [0.5, 0.6) is 5.75 Å². The number of benzene rings is 3. The average Bonchev–Trinajstić information content (AvgIpc) is 2.87. The van der Waals surface area contributed by atoms with Crippen molar-refractivity contribution in [2.45, 2.75) is 19.0 Å². The molecular formula is C27H29Cl2N3O3. The molecule has 1 saturated heterocycles. The largest absolute Gasteiger partial charge is 0.491 e. The van der Waals surface area contributed by atoms with E-state index in [1.165, 1.54) is 0 Å². The summed E-state index contributed by atoms with van der Waals surface area (Å²) in [6, 6.07) is 21.3. The van der Waals surface area contributed by atoms with Gasteiger partial charge in [-0.1, -0.05) is 47.5 Å². The molecule has 3 aromatic rings. The van der Waals surface area contributed by atoms with Crippen LogP contribution in [0.25, 0.3) is 0 Å². The number of carbonyl (C=O) groups is 1. The van der Waals surface area contributed by atoms with E-state index < -0.39 is 5.91 Å². The van der Waals surface area contributed by atoms with Crippen LogP contribution in [0.1, 0.15) is 40.5 Å². The van der Waals surface area contributed by atoms with Gasteiger partial charge < -0.3 is 20.5 Å². The zero-order chi connectivity index (χ0) is 24.9. The summed E-state index contributed by atoms with van der Waals surface area (Å²) in [7, 11) is 0. The van der Waals surface area contributed by atoms with Crippen molar-refractivity contribution >= 4 is 34.8 Å². The van der Waals surface area contributed by atoms with Crippen LogP contribution in [0.15, 0.2) is 66.7 Å². The van der Waals surface area contributed by atoms with Gasteiger partial charge in [-0.2, -0.15) is 0 Å². The van der Waals surface area contributed by atoms with Crippen LogP contribution in [0, 0.1) is 0 Å². The van der Waals surface area contributed by atoms with E-state index in [9.17, 15) is 4.79 Å². The summed E-state index contributed by atoms with van der Waals surface area (Å²) in [6.45, 7) is 4.73. The molecular weight excluding hydrogens is 485 g/mol. The van der Waals surface area contributed by atoms with Gasteiger partial charge in [0.2, 0.25) is 5.91 Å². The second-order valence-corrected chi connectivity index (χ2v) is 9.45. The maximum atomic E-state index is 11.4. The van der Waals surface area contributed by atoms with Crippen molar-refractivity contribution in [3.05, 3.63) is 93.5 Å². The second-order valence-electron chi connectivity index (χ2n) is 8.60. The van der Waals surface area contributed by atoms with Crippen molar-refractivity contribution in [2.24, 2.45) is 5.73 Å². The Kier molecular flexibility index (Phi) is 8.19. The van der Waals surface area contributed by atoms with Crippen molar-refractivity contribution in [3.8, 4) is 5.75 Å². The molecule has 0 spiro atoms. The van der Waals surface area contributed by atoms with Crippen LogP contribution in [0.4, 0.5) is 5.69 Å². The highest BCUT2D eigenvalue weighted by Gasteiger charge is 2.32. The van der Waals surface area contributed by atoms with Crippen LogP contribution in [-0.2, 0) is 0 Å². The van der Waals surface area contributed by atoms with Crippen molar-refractivity contribution in [3.63, 3.8) is 0 Å². The number of aliphatic hydroxyl groups excluding tert-OH is 1. The quantitative estimate of drug-likeness (QED) is 0.438. The lowest BCUT2D eigenvalue weighted by molar-refractivity contribution is 0.1000. The third-order valence-corrected chi connectivity index (χ3v) is 7.04. The molecule has 8 heteroatoms. The summed E-state index contributed by atoms with van der Waals surface area (Å²) < 4.78 is 5.52. The summed E-state index contributed by atoms with van der Waals surface area (Å²) in [5.74, 6) is 0.202. The van der Waals surface area contributed by atoms with E-state index in [2.05, 4.69) is 28.9 Å². The topological polar surface area (TPSA) is 79.0 Å². The molecule has 1 heterocycles. The summed E-state index contributed by atoms with van der Waals surface area (Å²) >= 11 is 12.9. The minimum Gasteiger partial charge on any atom is -0.491 e. The number of piperazine rings is 1. The highest BCUT2D eigenvalue weighted by molar-refractivity contribution is 6.33. The lowest BCUT2D eigenvalue weighted by Crippen LogP contribution is -2.49. The molecule has 3 N–H and O–H groups in total. The van der Waals surface area contributed by atoms with Gasteiger partial charge in [0, 0.05) is 42.3 Å². The molecule has 3 aromatic carbocycles. The summed E-state index contributed by atoms with van der Waals surface area (Å²) in [5.41, 5.74) is 9.11. The Morgan fingerprint density at radius 3 is 2.43 bits per heavy atom. The van der Waals surface area contributed by atoms with Gasteiger partial charge in [0.05, 0.1) is 23.4 Å². The van der Waals surface area contributed by atoms with E-state index >= 15 is 0 Å². The Hall–Kier alpha value is -2.77. The van der Waals surface area contributed by atoms with Crippen LogP contribution in [0.3, 0.4) is 0 Å². The Morgan fingerprint density at radius 2 is 1.80 bits per heavy atom. The molecule has 0 aromatic heterocycles. The first-order valence-electron chi connectivity index (χ1n) is 11.6. The zero-order valence-corrected chi connectivity index (χ0v) is 21.0. The zero-order valence-electron chi connectivity index (χ0n) is 19.5. The van der Waals surface area contributed by atoms with E-state index in [-0.39, 0.29) is 25.3 Å². The Morgan fingerprint density at radius 1 is 1.09 bits per heavy atom. The fourth-order valence-electron chi connectivity index (χ4n) is 4.52. The average molecular weight is 514 g/mol. The van der Waals surface area contributed by atoms with Crippen molar-refractivity contribution in [1.29, 1.82) is 0 Å². The van der Waals surface area contributed by atoms with Gasteiger partial charge in [-0.3, -0.25) is 9.69 Å². The lowest BCUT2D eigenvalue weighted by Gasteiger charge is -2.45. The van der Waals surface area contributed by atoms with Gasteiger partial charge in [0.1, 0.15) is 12.4 Å². The summed E-state index contributed by atoms with van der Waals surface area (Å²) in [5, 5.41) is 10.3. The second kappa shape index (κ2) is 11.3. The predicted molar refractivity (Wildman–Crippen MR) is 141 cm³/mol. The lowest BCUT2D eigenvalue weighted by atomic mass is 9.98. The highest BCUT2D eigenvalue weighted by atomic mass is 35.5. The molecule has 1 aliphatic heterocycles. The number of anilines is 1. The number of halogens is 2. The number of carbonyl (C=O) groups excluding carboxylic acids is 1. The normalized spacial score (nSPS) is 17.3. The van der Waals surface area contributed by atoms with Crippen LogP contribution < -0.4 is 15.4 Å². The number of rotatable bonds is 8. The Balaban J connectivity index is 1.61. The third-order valence-electron chi connectivity index (χ3n) is 6.48. The van der Waals surface area contributed by atoms with E-state index in [1.54, 1.807) is 18.2 Å². The molecule has 0 saturated carbocycles. The van der Waals surface area contributed by atoms with Crippen LogP contribution in [-0.4, -0.2) is 48.8 Å². The fourth-order valence-corrected chi connectivity index (χ4v) is 4.93. The standard InChI is InChI=1S/C27H29Cl2N3O3/c1-18(19-2-4-21(5-3-19)27(30)34)31-12-13-32(26(17-31)20-6-8-22(28)9-7-20)25-11-10-23(16-24(25)29)35-15-14-33/h2-11,16,18,26,33H,12-15,17H2,1H3,(H2,30,34)/t18-,26+/m1/s1. The van der Waals surface area contributed by atoms with Crippen molar-refractivity contribution < 1.29 is 14.6 Å². The first-order valence-corrected chi connectivity index (χ1v) is 12.3. The summed E-state index contributed by atoms with van der Waals surface area (Å²) in [6.07, 6.45) is 0. The molecule has 6 nitrogen and oxygen atoms in total. The minimum absolute atomic E-state index is 0.0510. The Bertz CT molecular complexity index is 1160. The minimum atomic E-state index is -0.426. The van der Waals surface area contributed by atoms with Crippen molar-refractivity contribution in [2.75, 3.05) is 37.7 Å². The van der Waals surface area contributed by atoms with Gasteiger partial charge in [-0.25, -0.2) is 0 Å². The van der Waals surface area contributed by atoms with Gasteiger partial charge >= 0.3 is 0 Å². The van der Waals surface area contributed by atoms with Crippen molar-refractivity contribution in [1.82, 2.24) is 4.90 Å². The fraction of sp³-hybridized carbons (Fsp3) is 0.296. The van der Waals surface area contributed by atoms with Gasteiger partial charge in [0.15, 0.2) is 0 Å². The number of aliphatic hydroxyl groups is 1. The molecule has 35 heavy (non-hydrogen) atoms. The highest BCUT2D eigenvalue weighted by Crippen LogP contribution is 2.39. The number of nitrogens with zero attached hydrogens (tertiary/aromatic N) is 2. The first kappa shape index (κ1) is 25.3. The van der Waals surface area contributed by atoms with Crippen LogP contribution in [0.2, 0.25) is 10.0 Å². The van der Waals surface area contributed by atoms with E-state index in [0.717, 1.165) is 36.4 Å². The van der Waals surface area contributed by atoms with E-state index in [0.29, 0.717) is 21.4 Å². The molecule has 4 rings (SSSR count). The van der Waals surface area contributed by atoms with Gasteiger partial charge in [-0.05, 0) is 54.4 Å². The Labute approximate surface area is 215 Å². The SMILES string of the molecule is C[C@H](c1ccc(C(N)=O)cc1)N1CCN(c2ccc(OCCO)cc2Cl)[C@H](c2ccc(Cl)cc2)C1. The molecule has 1 fully saturated rings. The molecule has 0 unspecified atom stereocenters. The number of amides is 1. The van der Waals surface area contributed by atoms with Gasteiger partial charge in [0.25, 0.3) is 0 Å². The summed E-state index contributed by atoms with van der Waals surface area (Å²) in [4.78, 5) is 16.2.